The van der Waals surface area contributed by atoms with Crippen LogP contribution in [0.1, 0.15) is 62.0 Å². The number of hydrogen-bond donors (Lipinski definition) is 1. The topological polar surface area (TPSA) is 12.0 Å². The van der Waals surface area contributed by atoms with Gasteiger partial charge in [0.15, 0.2) is 0 Å². The van der Waals surface area contributed by atoms with Crippen molar-refractivity contribution in [2.75, 3.05) is 6.54 Å². The average Bonchev–Trinajstić information content (AvgIpc) is 3.25. The Balaban J connectivity index is 1.41. The summed E-state index contributed by atoms with van der Waals surface area (Å²) in [5.74, 6) is 1.82. The number of rotatable bonds is 5. The summed E-state index contributed by atoms with van der Waals surface area (Å²) in [6.07, 6.45) is 10.0. The van der Waals surface area contributed by atoms with Crippen LogP contribution in [0.25, 0.3) is 0 Å². The molecule has 0 atom stereocenters. The van der Waals surface area contributed by atoms with Gasteiger partial charge in [0.05, 0.1) is 0 Å². The zero-order valence-corrected chi connectivity index (χ0v) is 11.3. The van der Waals surface area contributed by atoms with E-state index in [-0.39, 0.29) is 0 Å². The first-order valence-corrected chi connectivity index (χ1v) is 7.71. The predicted molar refractivity (Wildman–Crippen MR) is 76.7 cm³/mol. The van der Waals surface area contributed by atoms with E-state index in [1.54, 1.807) is 5.56 Å². The Morgan fingerprint density at radius 1 is 0.889 bits per heavy atom. The summed E-state index contributed by atoms with van der Waals surface area (Å²) in [6, 6.07) is 9.27. The van der Waals surface area contributed by atoms with Crippen LogP contribution < -0.4 is 5.32 Å². The Morgan fingerprint density at radius 3 is 2.28 bits per heavy atom. The minimum absolute atomic E-state index is 0.884. The highest BCUT2D eigenvalue weighted by Crippen LogP contribution is 2.39. The van der Waals surface area contributed by atoms with E-state index in [2.05, 4.69) is 29.6 Å². The Kier molecular flexibility index (Phi) is 3.99. The van der Waals surface area contributed by atoms with Gasteiger partial charge in [-0.05, 0) is 55.2 Å². The normalized spacial score (nSPS) is 21.1. The van der Waals surface area contributed by atoms with E-state index in [0.717, 1.165) is 18.4 Å². The van der Waals surface area contributed by atoms with Crippen molar-refractivity contribution in [3.8, 4) is 0 Å². The minimum Gasteiger partial charge on any atom is -0.312 e. The predicted octanol–water partition coefficient (Wildman–Crippen LogP) is 4.23. The van der Waals surface area contributed by atoms with Crippen molar-refractivity contribution in [3.63, 3.8) is 0 Å². The molecule has 1 aromatic carbocycles. The van der Waals surface area contributed by atoms with E-state index in [1.165, 1.54) is 57.1 Å². The van der Waals surface area contributed by atoms with E-state index < -0.39 is 0 Å². The molecule has 0 bridgehead atoms. The van der Waals surface area contributed by atoms with Crippen LogP contribution in [0, 0.1) is 5.92 Å². The lowest BCUT2D eigenvalue weighted by Gasteiger charge is -2.21. The summed E-state index contributed by atoms with van der Waals surface area (Å²) in [5.41, 5.74) is 2.99. The molecule has 0 radical (unpaired) electrons. The molecule has 2 saturated carbocycles. The molecule has 0 amide bonds. The molecule has 2 aliphatic rings. The van der Waals surface area contributed by atoms with Gasteiger partial charge in [-0.2, -0.15) is 0 Å². The fourth-order valence-electron chi connectivity index (χ4n) is 3.14. The van der Waals surface area contributed by atoms with Crippen LogP contribution in [0.4, 0.5) is 0 Å². The van der Waals surface area contributed by atoms with E-state index in [4.69, 9.17) is 0 Å². The molecule has 18 heavy (non-hydrogen) atoms. The van der Waals surface area contributed by atoms with Crippen LogP contribution in [-0.2, 0) is 6.54 Å². The molecule has 0 aliphatic heterocycles. The largest absolute Gasteiger partial charge is 0.312 e. The summed E-state index contributed by atoms with van der Waals surface area (Å²) >= 11 is 0. The molecule has 2 aliphatic carbocycles. The molecule has 98 valence electrons. The highest BCUT2D eigenvalue weighted by atomic mass is 14.9. The SMILES string of the molecule is c1cc(C2CC2)ccc1CNCC1CCCCC1. The zero-order valence-electron chi connectivity index (χ0n) is 11.3. The molecular weight excluding hydrogens is 218 g/mol. The first-order valence-electron chi connectivity index (χ1n) is 7.71. The lowest BCUT2D eigenvalue weighted by Crippen LogP contribution is -2.24. The standard InChI is InChI=1S/C17H25N/c1-2-4-14(5-3-1)12-18-13-15-6-8-16(9-7-15)17-10-11-17/h6-9,14,17-18H,1-5,10-13H2. The molecule has 0 saturated heterocycles. The summed E-state index contributed by atoms with van der Waals surface area (Å²) < 4.78 is 0. The monoisotopic (exact) mass is 243 g/mol. The van der Waals surface area contributed by atoms with E-state index in [0.29, 0.717) is 0 Å². The molecule has 1 N–H and O–H groups in total. The summed E-state index contributed by atoms with van der Waals surface area (Å²) in [4.78, 5) is 0. The quantitative estimate of drug-likeness (QED) is 0.816. The van der Waals surface area contributed by atoms with Crippen LogP contribution in [0.5, 0.6) is 0 Å². The molecule has 0 unspecified atom stereocenters. The molecule has 0 aromatic heterocycles. The van der Waals surface area contributed by atoms with Crippen LogP contribution in [0.15, 0.2) is 24.3 Å². The van der Waals surface area contributed by atoms with Gasteiger partial charge >= 0.3 is 0 Å². The van der Waals surface area contributed by atoms with Gasteiger partial charge in [0.1, 0.15) is 0 Å². The smallest absolute Gasteiger partial charge is 0.0205 e. The lowest BCUT2D eigenvalue weighted by atomic mass is 9.89. The number of nitrogens with one attached hydrogen (secondary N) is 1. The summed E-state index contributed by atoms with van der Waals surface area (Å²) in [6.45, 7) is 2.26. The van der Waals surface area contributed by atoms with Gasteiger partial charge < -0.3 is 5.32 Å². The molecule has 0 spiro atoms. The molecule has 2 fully saturated rings. The van der Waals surface area contributed by atoms with E-state index >= 15 is 0 Å². The maximum Gasteiger partial charge on any atom is 0.0205 e. The van der Waals surface area contributed by atoms with Gasteiger partial charge in [-0.25, -0.2) is 0 Å². The van der Waals surface area contributed by atoms with E-state index in [1.807, 2.05) is 0 Å². The Morgan fingerprint density at radius 2 is 1.61 bits per heavy atom. The molecule has 1 heteroatoms. The van der Waals surface area contributed by atoms with E-state index in [9.17, 15) is 0 Å². The number of benzene rings is 1. The Hall–Kier alpha value is -0.820. The van der Waals surface area contributed by atoms with Gasteiger partial charge in [-0.15, -0.1) is 0 Å². The first-order chi connectivity index (χ1) is 8.92. The second kappa shape index (κ2) is 5.88. The van der Waals surface area contributed by atoms with Crippen molar-refractivity contribution in [3.05, 3.63) is 35.4 Å². The van der Waals surface area contributed by atoms with Gasteiger partial charge in [0.25, 0.3) is 0 Å². The van der Waals surface area contributed by atoms with Crippen LogP contribution in [-0.4, -0.2) is 6.54 Å². The van der Waals surface area contributed by atoms with Gasteiger partial charge in [0, 0.05) is 6.54 Å². The average molecular weight is 243 g/mol. The van der Waals surface area contributed by atoms with Crippen LogP contribution in [0.2, 0.25) is 0 Å². The second-order valence-corrected chi connectivity index (χ2v) is 6.15. The third kappa shape index (κ3) is 3.35. The molecule has 3 rings (SSSR count). The maximum atomic E-state index is 3.64. The third-order valence-electron chi connectivity index (χ3n) is 4.52. The third-order valence-corrected chi connectivity index (χ3v) is 4.52. The molecule has 1 nitrogen and oxygen atoms in total. The van der Waals surface area contributed by atoms with Gasteiger partial charge in [-0.3, -0.25) is 0 Å². The fraction of sp³-hybridized carbons (Fsp3) is 0.647. The van der Waals surface area contributed by atoms with Crippen molar-refractivity contribution >= 4 is 0 Å². The fourth-order valence-corrected chi connectivity index (χ4v) is 3.14. The van der Waals surface area contributed by atoms with Crippen LogP contribution in [0.3, 0.4) is 0 Å². The lowest BCUT2D eigenvalue weighted by molar-refractivity contribution is 0.342. The van der Waals surface area contributed by atoms with Gasteiger partial charge in [-0.1, -0.05) is 43.5 Å². The second-order valence-electron chi connectivity index (χ2n) is 6.15. The van der Waals surface area contributed by atoms with Crippen molar-refractivity contribution in [2.45, 2.75) is 57.4 Å². The highest BCUT2D eigenvalue weighted by Gasteiger charge is 2.22. The number of hydrogen-bond acceptors (Lipinski definition) is 1. The zero-order chi connectivity index (χ0) is 12.2. The first kappa shape index (κ1) is 12.2. The molecular formula is C17H25N. The summed E-state index contributed by atoms with van der Waals surface area (Å²) in [5, 5.41) is 3.64. The van der Waals surface area contributed by atoms with Crippen molar-refractivity contribution in [1.29, 1.82) is 0 Å². The van der Waals surface area contributed by atoms with Crippen LogP contribution >= 0.6 is 0 Å². The summed E-state index contributed by atoms with van der Waals surface area (Å²) in [7, 11) is 0. The Labute approximate surface area is 111 Å². The van der Waals surface area contributed by atoms with Gasteiger partial charge in [0.2, 0.25) is 0 Å². The maximum absolute atomic E-state index is 3.64. The molecule has 0 heterocycles. The molecule has 1 aromatic rings. The van der Waals surface area contributed by atoms with Crippen molar-refractivity contribution in [2.24, 2.45) is 5.92 Å². The Bertz CT molecular complexity index is 358. The van der Waals surface area contributed by atoms with Crippen molar-refractivity contribution in [1.82, 2.24) is 5.32 Å². The van der Waals surface area contributed by atoms with Crippen molar-refractivity contribution < 1.29 is 0 Å². The minimum atomic E-state index is 0.884. The highest BCUT2D eigenvalue weighted by molar-refractivity contribution is 5.27.